The third kappa shape index (κ3) is 4.34. The molecule has 10 nitrogen and oxygen atoms in total. The van der Waals surface area contributed by atoms with E-state index < -0.39 is 11.2 Å². The normalized spacial score (nSPS) is 19.1. The Hall–Kier alpha value is -3.14. The van der Waals surface area contributed by atoms with Crippen molar-refractivity contribution in [3.8, 4) is 0 Å². The second kappa shape index (κ2) is 8.93. The van der Waals surface area contributed by atoms with Gasteiger partial charge in [0.2, 0.25) is 0 Å². The third-order valence-corrected chi connectivity index (χ3v) is 5.73. The molecular weight excluding hydrogens is 404 g/mol. The van der Waals surface area contributed by atoms with Crippen LogP contribution in [0.1, 0.15) is 30.1 Å². The number of piperazine rings is 1. The van der Waals surface area contributed by atoms with Crippen LogP contribution in [0.4, 0.5) is 4.79 Å². The number of carbonyl (C=O) groups excluding carboxylic acids is 2. The number of amides is 2. The van der Waals surface area contributed by atoms with Gasteiger partial charge in [-0.05, 0) is 38.0 Å². The van der Waals surface area contributed by atoms with Gasteiger partial charge in [0.15, 0.2) is 0 Å². The number of ether oxygens (including phenoxy) is 2. The van der Waals surface area contributed by atoms with Crippen LogP contribution in [-0.2, 0) is 16.0 Å². The lowest BCUT2D eigenvalue weighted by Gasteiger charge is -2.34. The molecule has 0 saturated carbocycles. The van der Waals surface area contributed by atoms with Crippen LogP contribution in [0.25, 0.3) is 10.9 Å². The first-order chi connectivity index (χ1) is 15.0. The largest absolute Gasteiger partial charge is 0.450 e. The van der Waals surface area contributed by atoms with Crippen LogP contribution in [0.3, 0.4) is 0 Å². The fourth-order valence-corrected chi connectivity index (χ4v) is 4.03. The Kier molecular flexibility index (Phi) is 6.08. The van der Waals surface area contributed by atoms with Crippen LogP contribution in [0.2, 0.25) is 0 Å². The van der Waals surface area contributed by atoms with Crippen LogP contribution in [-0.4, -0.2) is 76.8 Å². The Bertz CT molecular complexity index is 1090. The molecule has 0 bridgehead atoms. The quantitative estimate of drug-likeness (QED) is 0.767. The van der Waals surface area contributed by atoms with Gasteiger partial charge in [-0.25, -0.2) is 9.59 Å². The molecule has 2 aliphatic heterocycles. The molecule has 1 atom stereocenters. The van der Waals surface area contributed by atoms with Crippen molar-refractivity contribution in [1.29, 1.82) is 0 Å². The second-order valence-electron chi connectivity index (χ2n) is 7.72. The molecule has 2 aliphatic rings. The zero-order chi connectivity index (χ0) is 22.0. The maximum absolute atomic E-state index is 12.9. The Balaban J connectivity index is 1.51. The Morgan fingerprint density at radius 2 is 1.90 bits per heavy atom. The van der Waals surface area contributed by atoms with Crippen molar-refractivity contribution >= 4 is 22.9 Å². The van der Waals surface area contributed by atoms with Gasteiger partial charge in [-0.15, -0.1) is 0 Å². The zero-order valence-electron chi connectivity index (χ0n) is 17.5. The van der Waals surface area contributed by atoms with Crippen molar-refractivity contribution in [2.24, 2.45) is 0 Å². The fourth-order valence-electron chi connectivity index (χ4n) is 4.03. The summed E-state index contributed by atoms with van der Waals surface area (Å²) in [6, 6.07) is 4.70. The monoisotopic (exact) mass is 430 g/mol. The van der Waals surface area contributed by atoms with Gasteiger partial charge >= 0.3 is 11.8 Å². The number of fused-ring (bicyclic) bond motifs is 1. The molecule has 166 valence electrons. The maximum atomic E-state index is 12.9. The molecule has 0 unspecified atom stereocenters. The zero-order valence-corrected chi connectivity index (χ0v) is 17.5. The molecule has 0 spiro atoms. The van der Waals surface area contributed by atoms with Crippen LogP contribution in [0.5, 0.6) is 0 Å². The number of nitrogens with zero attached hydrogens (tertiary/aromatic N) is 3. The summed E-state index contributed by atoms with van der Waals surface area (Å²) in [5, 5.41) is 0.348. The van der Waals surface area contributed by atoms with Gasteiger partial charge in [0, 0.05) is 38.3 Å². The highest BCUT2D eigenvalue weighted by Crippen LogP contribution is 2.15. The van der Waals surface area contributed by atoms with E-state index >= 15 is 0 Å². The molecule has 2 fully saturated rings. The summed E-state index contributed by atoms with van der Waals surface area (Å²) in [6.07, 6.45) is 1.23. The Labute approximate surface area is 178 Å². The first-order valence-electron chi connectivity index (χ1n) is 10.6. The van der Waals surface area contributed by atoms with Crippen molar-refractivity contribution in [3.63, 3.8) is 0 Å². The Morgan fingerprint density at radius 1 is 1.16 bits per heavy atom. The average molecular weight is 430 g/mol. The van der Waals surface area contributed by atoms with Gasteiger partial charge in [0.25, 0.3) is 11.5 Å². The summed E-state index contributed by atoms with van der Waals surface area (Å²) in [5.74, 6) is -0.213. The summed E-state index contributed by atoms with van der Waals surface area (Å²) in [5.41, 5.74) is -0.199. The van der Waals surface area contributed by atoms with E-state index in [0.29, 0.717) is 55.9 Å². The van der Waals surface area contributed by atoms with Crippen molar-refractivity contribution in [1.82, 2.24) is 19.4 Å². The molecule has 2 saturated heterocycles. The number of H-pyrrole nitrogens is 1. The summed E-state index contributed by atoms with van der Waals surface area (Å²) < 4.78 is 11.7. The smallest absolute Gasteiger partial charge is 0.409 e. The minimum atomic E-state index is -0.513. The van der Waals surface area contributed by atoms with Gasteiger partial charge in [-0.1, -0.05) is 0 Å². The molecule has 4 rings (SSSR count). The Morgan fingerprint density at radius 3 is 2.58 bits per heavy atom. The number of benzene rings is 1. The molecule has 10 heteroatoms. The predicted molar refractivity (Wildman–Crippen MR) is 112 cm³/mol. The minimum Gasteiger partial charge on any atom is -0.450 e. The number of hydrogen-bond donors (Lipinski definition) is 1. The van der Waals surface area contributed by atoms with E-state index in [2.05, 4.69) is 4.98 Å². The van der Waals surface area contributed by atoms with E-state index in [9.17, 15) is 19.2 Å². The van der Waals surface area contributed by atoms with Gasteiger partial charge in [0.05, 0.1) is 30.2 Å². The first-order valence-corrected chi connectivity index (χ1v) is 10.6. The lowest BCUT2D eigenvalue weighted by atomic mass is 10.1. The molecule has 31 heavy (non-hydrogen) atoms. The minimum absolute atomic E-state index is 0.134. The number of aromatic amines is 1. The number of hydrogen-bond acceptors (Lipinski definition) is 6. The van der Waals surface area contributed by atoms with E-state index in [0.717, 1.165) is 17.4 Å². The molecular formula is C21H26N4O6. The molecule has 0 aliphatic carbocycles. The third-order valence-electron chi connectivity index (χ3n) is 5.73. The van der Waals surface area contributed by atoms with Crippen molar-refractivity contribution in [2.75, 3.05) is 39.4 Å². The lowest BCUT2D eigenvalue weighted by molar-refractivity contribution is 0.0570. The van der Waals surface area contributed by atoms with Crippen molar-refractivity contribution in [2.45, 2.75) is 32.4 Å². The standard InChI is InChI=1S/C21H26N4O6/c1-2-30-21(29)24-9-7-23(8-10-24)18(26)14-5-6-16-17(12-14)22-20(28)25(19(16)27)13-15-4-3-11-31-15/h5-6,12,15H,2-4,7-11,13H2,1H3,(H,22,28)/t15-/m0/s1. The molecule has 1 aromatic heterocycles. The first kappa shape index (κ1) is 21.1. The van der Waals surface area contributed by atoms with Crippen molar-refractivity contribution in [3.05, 3.63) is 44.6 Å². The number of nitrogens with one attached hydrogen (secondary N) is 1. The van der Waals surface area contributed by atoms with Crippen LogP contribution < -0.4 is 11.2 Å². The molecule has 0 radical (unpaired) electrons. The van der Waals surface area contributed by atoms with E-state index in [1.807, 2.05) is 0 Å². The number of aromatic nitrogens is 2. The van der Waals surface area contributed by atoms with Gasteiger partial charge in [-0.3, -0.25) is 14.2 Å². The highest BCUT2D eigenvalue weighted by Gasteiger charge is 2.26. The summed E-state index contributed by atoms with van der Waals surface area (Å²) >= 11 is 0. The van der Waals surface area contributed by atoms with Crippen molar-refractivity contribution < 1.29 is 19.1 Å². The topological polar surface area (TPSA) is 114 Å². The predicted octanol–water partition coefficient (Wildman–Crippen LogP) is 0.783. The molecule has 2 aromatic rings. The maximum Gasteiger partial charge on any atom is 0.409 e. The van der Waals surface area contributed by atoms with E-state index in [1.165, 1.54) is 6.07 Å². The highest BCUT2D eigenvalue weighted by atomic mass is 16.6. The molecule has 2 amide bonds. The fraction of sp³-hybridized carbons (Fsp3) is 0.524. The summed E-state index contributed by atoms with van der Waals surface area (Å²) in [4.78, 5) is 56.0. The number of carbonyl (C=O) groups is 2. The van der Waals surface area contributed by atoms with Crippen LogP contribution in [0.15, 0.2) is 27.8 Å². The molecule has 1 aromatic carbocycles. The van der Waals surface area contributed by atoms with E-state index in [4.69, 9.17) is 9.47 Å². The molecule has 1 N–H and O–H groups in total. The van der Waals surface area contributed by atoms with Crippen LogP contribution >= 0.6 is 0 Å². The highest BCUT2D eigenvalue weighted by molar-refractivity contribution is 5.97. The van der Waals surface area contributed by atoms with Gasteiger partial charge in [0.1, 0.15) is 0 Å². The lowest BCUT2D eigenvalue weighted by Crippen LogP contribution is -2.50. The summed E-state index contributed by atoms with van der Waals surface area (Å²) in [7, 11) is 0. The average Bonchev–Trinajstić information content (AvgIpc) is 3.29. The van der Waals surface area contributed by atoms with E-state index in [-0.39, 0.29) is 24.6 Å². The second-order valence-corrected chi connectivity index (χ2v) is 7.72. The van der Waals surface area contributed by atoms with Crippen LogP contribution in [0, 0.1) is 0 Å². The number of rotatable bonds is 4. The summed E-state index contributed by atoms with van der Waals surface area (Å²) in [6.45, 7) is 4.47. The van der Waals surface area contributed by atoms with Gasteiger partial charge in [-0.2, -0.15) is 0 Å². The molecule has 3 heterocycles. The SMILES string of the molecule is CCOC(=O)N1CCN(C(=O)c2ccc3c(=O)n(C[C@@H]4CCCO4)c(=O)[nH]c3c2)CC1. The van der Waals surface area contributed by atoms with E-state index in [1.54, 1.807) is 28.9 Å². The van der Waals surface area contributed by atoms with Gasteiger partial charge < -0.3 is 24.3 Å².